The Balaban J connectivity index is 1.30. The molecule has 1 unspecified atom stereocenters. The van der Waals surface area contributed by atoms with Crippen molar-refractivity contribution >= 4 is 28.2 Å². The van der Waals surface area contributed by atoms with Crippen LogP contribution in [0.3, 0.4) is 0 Å². The van der Waals surface area contributed by atoms with Crippen molar-refractivity contribution in [2.45, 2.75) is 25.5 Å². The van der Waals surface area contributed by atoms with E-state index in [0.717, 1.165) is 34.8 Å². The number of imidazole rings is 1. The number of nitrogens with one attached hydrogen (secondary N) is 2. The van der Waals surface area contributed by atoms with Crippen LogP contribution in [0.5, 0.6) is 0 Å². The van der Waals surface area contributed by atoms with Crippen LogP contribution in [0, 0.1) is 0 Å². The molecule has 0 bridgehead atoms. The number of aliphatic hydroxyl groups is 1. The summed E-state index contributed by atoms with van der Waals surface area (Å²) in [7, 11) is 0. The normalized spacial score (nSPS) is 16.7. The first-order valence-electron chi connectivity index (χ1n) is 10.4. The lowest BCUT2D eigenvalue weighted by molar-refractivity contribution is 0.0677. The van der Waals surface area contributed by atoms with Crippen molar-refractivity contribution < 1.29 is 14.7 Å². The van der Waals surface area contributed by atoms with Crippen molar-refractivity contribution in [3.8, 4) is 0 Å². The Morgan fingerprint density at radius 1 is 1.26 bits per heavy atom. The molecule has 5 rings (SSSR count). The maximum Gasteiger partial charge on any atom is 0.268 e. The van der Waals surface area contributed by atoms with Gasteiger partial charge in [-0.3, -0.25) is 9.59 Å². The summed E-state index contributed by atoms with van der Waals surface area (Å²) in [5.74, 6) is -0.244. The third-order valence-electron chi connectivity index (χ3n) is 5.84. The highest BCUT2D eigenvalue weighted by Crippen LogP contribution is 2.20. The molecule has 31 heavy (non-hydrogen) atoms. The van der Waals surface area contributed by atoms with Gasteiger partial charge in [0.1, 0.15) is 5.69 Å². The number of aliphatic hydroxyl groups excluding tert-OH is 1. The van der Waals surface area contributed by atoms with E-state index in [1.807, 2.05) is 40.9 Å². The number of hydrogen-bond acceptors (Lipinski definition) is 4. The summed E-state index contributed by atoms with van der Waals surface area (Å²) in [4.78, 5) is 35.0. The minimum atomic E-state index is -0.195. The molecule has 158 valence electrons. The van der Waals surface area contributed by atoms with Crippen LogP contribution in [-0.2, 0) is 6.61 Å². The van der Waals surface area contributed by atoms with E-state index in [0.29, 0.717) is 24.3 Å². The van der Waals surface area contributed by atoms with Crippen LogP contribution in [0.4, 0.5) is 0 Å². The second kappa shape index (κ2) is 7.88. The summed E-state index contributed by atoms with van der Waals surface area (Å²) in [5.41, 5.74) is 3.46. The average Bonchev–Trinajstić information content (AvgIpc) is 3.45. The smallest absolute Gasteiger partial charge is 0.268 e. The van der Waals surface area contributed by atoms with Crippen LogP contribution in [0.1, 0.15) is 39.3 Å². The predicted molar refractivity (Wildman–Crippen MR) is 116 cm³/mol. The lowest BCUT2D eigenvalue weighted by Gasteiger charge is -2.33. The highest BCUT2D eigenvalue weighted by molar-refractivity contribution is 6.01. The summed E-state index contributed by atoms with van der Waals surface area (Å²) in [6, 6.07) is 10.9. The van der Waals surface area contributed by atoms with E-state index < -0.39 is 0 Å². The zero-order chi connectivity index (χ0) is 21.4. The molecule has 0 aliphatic carbocycles. The van der Waals surface area contributed by atoms with E-state index in [4.69, 9.17) is 0 Å². The number of aromatic amines is 1. The number of hydrogen-bond donors (Lipinski definition) is 3. The van der Waals surface area contributed by atoms with E-state index in [1.54, 1.807) is 23.5 Å². The fraction of sp³-hybridized carbons (Fsp3) is 0.261. The highest BCUT2D eigenvalue weighted by Gasteiger charge is 2.27. The number of H-pyrrole nitrogens is 1. The number of fused-ring (bicyclic) bond motifs is 2. The lowest BCUT2D eigenvalue weighted by Crippen LogP contribution is -2.49. The molecule has 4 heterocycles. The first-order valence-corrected chi connectivity index (χ1v) is 10.4. The van der Waals surface area contributed by atoms with Crippen molar-refractivity contribution in [1.82, 2.24) is 24.6 Å². The molecule has 0 saturated carbocycles. The Morgan fingerprint density at radius 3 is 3.03 bits per heavy atom. The number of likely N-dealkylation sites (tertiary alicyclic amines) is 1. The molecular weight excluding hydrogens is 394 g/mol. The van der Waals surface area contributed by atoms with E-state index in [1.165, 1.54) is 0 Å². The number of carbonyl (C=O) groups excluding carboxylic acids is 2. The number of amides is 2. The molecule has 1 aliphatic rings. The topological polar surface area (TPSA) is 103 Å². The molecule has 8 heteroatoms. The molecule has 3 N–H and O–H groups in total. The summed E-state index contributed by atoms with van der Waals surface area (Å²) in [6.07, 6.45) is 6.87. The van der Waals surface area contributed by atoms with Gasteiger partial charge in [0.05, 0.1) is 30.2 Å². The fourth-order valence-corrected chi connectivity index (χ4v) is 4.24. The first kappa shape index (κ1) is 19.3. The van der Waals surface area contributed by atoms with Crippen LogP contribution < -0.4 is 5.32 Å². The number of aromatic nitrogens is 3. The summed E-state index contributed by atoms with van der Waals surface area (Å²) >= 11 is 0. The van der Waals surface area contributed by atoms with Crippen LogP contribution in [-0.4, -0.2) is 55.3 Å². The Morgan fingerprint density at radius 2 is 2.16 bits per heavy atom. The molecule has 2 amide bonds. The molecule has 0 radical (unpaired) electrons. The number of pyridine rings is 1. The van der Waals surface area contributed by atoms with Crippen LogP contribution in [0.15, 0.2) is 55.1 Å². The van der Waals surface area contributed by atoms with E-state index in [-0.39, 0.29) is 24.5 Å². The maximum absolute atomic E-state index is 13.1. The van der Waals surface area contributed by atoms with Crippen molar-refractivity contribution in [1.29, 1.82) is 0 Å². The third-order valence-corrected chi connectivity index (χ3v) is 5.84. The molecule has 4 aromatic rings. The lowest BCUT2D eigenvalue weighted by atomic mass is 10.0. The van der Waals surface area contributed by atoms with Crippen molar-refractivity contribution in [3.63, 3.8) is 0 Å². The molecule has 0 spiro atoms. The van der Waals surface area contributed by atoms with Crippen LogP contribution in [0.2, 0.25) is 0 Å². The average molecular weight is 417 g/mol. The first-order chi connectivity index (χ1) is 15.1. The number of rotatable bonds is 4. The van der Waals surface area contributed by atoms with Gasteiger partial charge in [-0.2, -0.15) is 0 Å². The monoisotopic (exact) mass is 417 g/mol. The van der Waals surface area contributed by atoms with Gasteiger partial charge in [0.25, 0.3) is 11.8 Å². The largest absolute Gasteiger partial charge is 0.392 e. The highest BCUT2D eigenvalue weighted by atomic mass is 16.3. The summed E-state index contributed by atoms with van der Waals surface area (Å²) in [5, 5.41) is 13.3. The number of carbonyl (C=O) groups is 2. The van der Waals surface area contributed by atoms with Gasteiger partial charge in [-0.05, 0) is 42.7 Å². The van der Waals surface area contributed by atoms with Crippen molar-refractivity contribution in [2.75, 3.05) is 13.1 Å². The van der Waals surface area contributed by atoms with Gasteiger partial charge in [-0.25, -0.2) is 4.98 Å². The molecule has 1 fully saturated rings. The zero-order valence-electron chi connectivity index (χ0n) is 16.9. The van der Waals surface area contributed by atoms with Crippen LogP contribution >= 0.6 is 0 Å². The minimum Gasteiger partial charge on any atom is -0.392 e. The Kier molecular flexibility index (Phi) is 4.91. The quantitative estimate of drug-likeness (QED) is 0.474. The summed E-state index contributed by atoms with van der Waals surface area (Å²) in [6.45, 7) is 1.08. The van der Waals surface area contributed by atoms with Gasteiger partial charge in [0.2, 0.25) is 0 Å². The van der Waals surface area contributed by atoms with Crippen molar-refractivity contribution in [3.05, 3.63) is 71.9 Å². The zero-order valence-corrected chi connectivity index (χ0v) is 16.9. The molecule has 1 aromatic carbocycles. The van der Waals surface area contributed by atoms with Crippen LogP contribution in [0.25, 0.3) is 16.4 Å². The van der Waals surface area contributed by atoms with Gasteiger partial charge in [0, 0.05) is 36.2 Å². The Hall–Kier alpha value is -3.65. The third kappa shape index (κ3) is 3.66. The maximum atomic E-state index is 13.1. The van der Waals surface area contributed by atoms with Gasteiger partial charge >= 0.3 is 0 Å². The van der Waals surface area contributed by atoms with Gasteiger partial charge < -0.3 is 24.7 Å². The van der Waals surface area contributed by atoms with E-state index in [9.17, 15) is 14.7 Å². The predicted octanol–water partition coefficient (Wildman–Crippen LogP) is 2.34. The fourth-order valence-electron chi connectivity index (χ4n) is 4.24. The number of piperidine rings is 1. The van der Waals surface area contributed by atoms with E-state index in [2.05, 4.69) is 15.3 Å². The molecule has 3 aromatic heterocycles. The molecule has 8 nitrogen and oxygen atoms in total. The standard InChI is InChI=1S/C23H23N5O3/c29-13-15-5-6-16-10-20(26-19(16)9-15)22(30)25-17-3-1-7-27(12-17)23(31)18-4-2-8-28-14-24-11-21(18)28/h2,4-6,8-11,14,17,26,29H,1,3,7,12-13H2,(H,25,30). The van der Waals surface area contributed by atoms with E-state index >= 15 is 0 Å². The second-order valence-electron chi connectivity index (χ2n) is 7.93. The SMILES string of the molecule is O=C(NC1CCCN(C(=O)c2cccn3cncc23)C1)c1cc2ccc(CO)cc2[nH]1. The molecule has 1 saturated heterocycles. The molecule has 1 atom stereocenters. The minimum absolute atomic E-state index is 0.0462. The van der Waals surface area contributed by atoms with Gasteiger partial charge in [-0.1, -0.05) is 12.1 Å². The summed E-state index contributed by atoms with van der Waals surface area (Å²) < 4.78 is 1.83. The van der Waals surface area contributed by atoms with Crippen molar-refractivity contribution in [2.24, 2.45) is 0 Å². The second-order valence-corrected chi connectivity index (χ2v) is 7.93. The van der Waals surface area contributed by atoms with Gasteiger partial charge in [0.15, 0.2) is 0 Å². The van der Waals surface area contributed by atoms with Gasteiger partial charge in [-0.15, -0.1) is 0 Å². The molecular formula is C23H23N5O3. The Bertz CT molecular complexity index is 1270. The molecule has 1 aliphatic heterocycles. The Labute approximate surface area is 178 Å². The number of nitrogens with zero attached hydrogens (tertiary/aromatic N) is 3. The number of benzene rings is 1.